The SMILES string of the molecule is CC(C)(C)C(C)(O)CN. The van der Waals surface area contributed by atoms with Crippen molar-refractivity contribution in [3.8, 4) is 0 Å². The first-order valence-corrected chi connectivity index (χ1v) is 3.24. The van der Waals surface area contributed by atoms with Crippen LogP contribution < -0.4 is 5.73 Å². The van der Waals surface area contributed by atoms with Crippen LogP contribution in [0.5, 0.6) is 0 Å². The quantitative estimate of drug-likeness (QED) is 0.551. The second-order valence-corrected chi connectivity index (χ2v) is 3.73. The fourth-order valence-corrected chi connectivity index (χ4v) is 0.306. The molecule has 0 aliphatic carbocycles. The van der Waals surface area contributed by atoms with E-state index in [4.69, 9.17) is 5.73 Å². The predicted molar refractivity (Wildman–Crippen MR) is 39.1 cm³/mol. The molecule has 0 saturated carbocycles. The fraction of sp³-hybridized carbons (Fsp3) is 1.00. The van der Waals surface area contributed by atoms with Crippen LogP contribution in [-0.2, 0) is 0 Å². The molecule has 9 heavy (non-hydrogen) atoms. The van der Waals surface area contributed by atoms with Crippen molar-refractivity contribution in [1.82, 2.24) is 0 Å². The number of nitrogens with two attached hydrogens (primary N) is 1. The van der Waals surface area contributed by atoms with Gasteiger partial charge < -0.3 is 10.8 Å². The van der Waals surface area contributed by atoms with Gasteiger partial charge in [0.05, 0.1) is 5.60 Å². The van der Waals surface area contributed by atoms with Crippen LogP contribution in [0.25, 0.3) is 0 Å². The van der Waals surface area contributed by atoms with Gasteiger partial charge in [0.15, 0.2) is 0 Å². The van der Waals surface area contributed by atoms with E-state index in [1.54, 1.807) is 6.92 Å². The first kappa shape index (κ1) is 8.92. The fourth-order valence-electron chi connectivity index (χ4n) is 0.306. The van der Waals surface area contributed by atoms with Crippen LogP contribution in [0.3, 0.4) is 0 Å². The summed E-state index contributed by atoms with van der Waals surface area (Å²) in [4.78, 5) is 0. The Hall–Kier alpha value is -0.0800. The van der Waals surface area contributed by atoms with Gasteiger partial charge in [-0.05, 0) is 12.3 Å². The summed E-state index contributed by atoms with van der Waals surface area (Å²) in [6.45, 7) is 7.99. The van der Waals surface area contributed by atoms with Gasteiger partial charge in [0.25, 0.3) is 0 Å². The molecule has 0 aliphatic rings. The zero-order valence-corrected chi connectivity index (χ0v) is 6.73. The van der Waals surface area contributed by atoms with Crippen LogP contribution in [0.1, 0.15) is 27.7 Å². The smallest absolute Gasteiger partial charge is 0.0789 e. The normalized spacial score (nSPS) is 19.3. The van der Waals surface area contributed by atoms with Gasteiger partial charge in [-0.15, -0.1) is 0 Å². The predicted octanol–water partition coefficient (Wildman–Crippen LogP) is 0.742. The standard InChI is InChI=1S/C7H17NO/c1-6(2,3)7(4,9)5-8/h9H,5,8H2,1-4H3. The van der Waals surface area contributed by atoms with E-state index in [-0.39, 0.29) is 5.41 Å². The molecule has 0 amide bonds. The van der Waals surface area contributed by atoms with Crippen molar-refractivity contribution in [1.29, 1.82) is 0 Å². The Labute approximate surface area is 57.1 Å². The molecule has 3 N–H and O–H groups in total. The minimum Gasteiger partial charge on any atom is -0.388 e. The lowest BCUT2D eigenvalue weighted by atomic mass is 9.78. The monoisotopic (exact) mass is 131 g/mol. The molecule has 2 heteroatoms. The maximum Gasteiger partial charge on any atom is 0.0789 e. The number of rotatable bonds is 1. The average Bonchev–Trinajstić information content (AvgIpc) is 1.64. The summed E-state index contributed by atoms with van der Waals surface area (Å²) in [5.74, 6) is 0. The number of hydrogen-bond acceptors (Lipinski definition) is 2. The van der Waals surface area contributed by atoms with Crippen molar-refractivity contribution in [2.45, 2.75) is 33.3 Å². The van der Waals surface area contributed by atoms with E-state index in [1.807, 2.05) is 20.8 Å². The summed E-state index contributed by atoms with van der Waals surface area (Å²) in [5, 5.41) is 9.53. The third-order valence-corrected chi connectivity index (χ3v) is 2.01. The minimum absolute atomic E-state index is 0.123. The molecule has 0 rings (SSSR count). The van der Waals surface area contributed by atoms with E-state index in [1.165, 1.54) is 0 Å². The van der Waals surface area contributed by atoms with Crippen LogP contribution in [0, 0.1) is 5.41 Å². The topological polar surface area (TPSA) is 46.2 Å². The Morgan fingerprint density at radius 1 is 1.22 bits per heavy atom. The Morgan fingerprint density at radius 2 is 1.56 bits per heavy atom. The first-order chi connectivity index (χ1) is 3.81. The number of hydrogen-bond donors (Lipinski definition) is 2. The van der Waals surface area contributed by atoms with Crippen molar-refractivity contribution >= 4 is 0 Å². The molecule has 0 spiro atoms. The molecule has 0 radical (unpaired) electrons. The van der Waals surface area contributed by atoms with Crippen molar-refractivity contribution in [3.05, 3.63) is 0 Å². The van der Waals surface area contributed by atoms with Gasteiger partial charge in [0, 0.05) is 6.54 Å². The molecule has 0 fully saturated rings. The summed E-state index contributed by atoms with van der Waals surface area (Å²) < 4.78 is 0. The molecule has 0 bridgehead atoms. The van der Waals surface area contributed by atoms with Gasteiger partial charge >= 0.3 is 0 Å². The van der Waals surface area contributed by atoms with E-state index in [0.717, 1.165) is 0 Å². The summed E-state index contributed by atoms with van der Waals surface area (Å²) in [6.07, 6.45) is 0. The highest BCUT2D eigenvalue weighted by atomic mass is 16.3. The van der Waals surface area contributed by atoms with Crippen LogP contribution in [0.2, 0.25) is 0 Å². The van der Waals surface area contributed by atoms with E-state index >= 15 is 0 Å². The van der Waals surface area contributed by atoms with Crippen LogP contribution in [-0.4, -0.2) is 17.3 Å². The van der Waals surface area contributed by atoms with Gasteiger partial charge in [-0.1, -0.05) is 20.8 Å². The second-order valence-electron chi connectivity index (χ2n) is 3.73. The van der Waals surface area contributed by atoms with Crippen LogP contribution in [0.4, 0.5) is 0 Å². The summed E-state index contributed by atoms with van der Waals surface area (Å²) >= 11 is 0. The van der Waals surface area contributed by atoms with Gasteiger partial charge in [-0.3, -0.25) is 0 Å². The van der Waals surface area contributed by atoms with Gasteiger partial charge in [0.1, 0.15) is 0 Å². The van der Waals surface area contributed by atoms with Crippen LogP contribution in [0.15, 0.2) is 0 Å². The van der Waals surface area contributed by atoms with Gasteiger partial charge in [0.2, 0.25) is 0 Å². The highest BCUT2D eigenvalue weighted by molar-refractivity contribution is 4.86. The van der Waals surface area contributed by atoms with E-state index in [0.29, 0.717) is 6.54 Å². The number of aliphatic hydroxyl groups is 1. The molecule has 0 aromatic carbocycles. The largest absolute Gasteiger partial charge is 0.388 e. The van der Waals surface area contributed by atoms with E-state index in [9.17, 15) is 5.11 Å². The third-order valence-electron chi connectivity index (χ3n) is 2.01. The first-order valence-electron chi connectivity index (χ1n) is 3.24. The highest BCUT2D eigenvalue weighted by Gasteiger charge is 2.33. The molecule has 0 saturated heterocycles. The van der Waals surface area contributed by atoms with Crippen molar-refractivity contribution in [2.24, 2.45) is 11.1 Å². The van der Waals surface area contributed by atoms with E-state index < -0.39 is 5.60 Å². The van der Waals surface area contributed by atoms with E-state index in [2.05, 4.69) is 0 Å². The molecule has 0 aromatic heterocycles. The summed E-state index contributed by atoms with van der Waals surface area (Å²) in [7, 11) is 0. The lowest BCUT2D eigenvalue weighted by Gasteiger charge is -2.35. The Morgan fingerprint density at radius 3 is 1.56 bits per heavy atom. The molecular formula is C7H17NO. The molecular weight excluding hydrogens is 114 g/mol. The summed E-state index contributed by atoms with van der Waals surface area (Å²) in [5.41, 5.74) is 4.48. The maximum atomic E-state index is 9.53. The Balaban J connectivity index is 4.14. The van der Waals surface area contributed by atoms with Crippen molar-refractivity contribution < 1.29 is 5.11 Å². The Kier molecular flexibility index (Phi) is 2.25. The zero-order chi connectivity index (χ0) is 7.71. The molecule has 56 valence electrons. The molecule has 0 heterocycles. The highest BCUT2D eigenvalue weighted by Crippen LogP contribution is 2.28. The average molecular weight is 131 g/mol. The zero-order valence-electron chi connectivity index (χ0n) is 6.73. The van der Waals surface area contributed by atoms with Crippen molar-refractivity contribution in [2.75, 3.05) is 6.54 Å². The molecule has 0 aromatic rings. The lowest BCUT2D eigenvalue weighted by Crippen LogP contribution is -2.46. The van der Waals surface area contributed by atoms with Crippen LogP contribution >= 0.6 is 0 Å². The second kappa shape index (κ2) is 2.27. The molecule has 1 unspecified atom stereocenters. The van der Waals surface area contributed by atoms with Gasteiger partial charge in [-0.25, -0.2) is 0 Å². The lowest BCUT2D eigenvalue weighted by molar-refractivity contribution is -0.0326. The molecule has 0 aliphatic heterocycles. The Bertz CT molecular complexity index is 91.6. The third kappa shape index (κ3) is 1.95. The van der Waals surface area contributed by atoms with Crippen molar-refractivity contribution in [3.63, 3.8) is 0 Å². The maximum absolute atomic E-state index is 9.53. The van der Waals surface area contributed by atoms with Gasteiger partial charge in [-0.2, -0.15) is 0 Å². The summed E-state index contributed by atoms with van der Waals surface area (Å²) in [6, 6.07) is 0. The molecule has 2 nitrogen and oxygen atoms in total. The minimum atomic E-state index is -0.743. The molecule has 1 atom stereocenters.